The van der Waals surface area contributed by atoms with Crippen molar-refractivity contribution in [1.29, 1.82) is 0 Å². The molecular formula is C32H58N5O7PS. The van der Waals surface area contributed by atoms with Gasteiger partial charge in [-0.3, -0.25) is 4.89 Å². The topological polar surface area (TPSA) is 142 Å². The average Bonchev–Trinajstić information content (AvgIpc) is 3.43. The zero-order valence-electron chi connectivity index (χ0n) is 28.5. The van der Waals surface area contributed by atoms with Gasteiger partial charge in [-0.05, 0) is 45.4 Å². The molecule has 0 saturated heterocycles. The van der Waals surface area contributed by atoms with Gasteiger partial charge in [-0.15, -0.1) is 4.67 Å². The maximum Gasteiger partial charge on any atom is 0.541 e. The molecule has 0 spiro atoms. The Balaban J connectivity index is 1.60. The Morgan fingerprint density at radius 1 is 0.870 bits per heavy atom. The summed E-state index contributed by atoms with van der Waals surface area (Å²) in [7, 11) is 0. The van der Waals surface area contributed by atoms with Gasteiger partial charge in [0.25, 0.3) is 6.49 Å². The van der Waals surface area contributed by atoms with E-state index in [9.17, 15) is 4.79 Å². The van der Waals surface area contributed by atoms with Crippen molar-refractivity contribution in [3.05, 3.63) is 12.7 Å². The summed E-state index contributed by atoms with van der Waals surface area (Å²) in [6, 6.07) is 0. The lowest BCUT2D eigenvalue weighted by Crippen LogP contribution is -2.19. The molecule has 0 fully saturated rings. The number of anilines is 1. The van der Waals surface area contributed by atoms with E-state index in [4.69, 9.17) is 45.8 Å². The lowest BCUT2D eigenvalue weighted by molar-refractivity contribution is -0.176. The van der Waals surface area contributed by atoms with Crippen LogP contribution in [0.4, 0.5) is 10.6 Å². The van der Waals surface area contributed by atoms with Crippen LogP contribution in [-0.4, -0.2) is 64.1 Å². The van der Waals surface area contributed by atoms with Gasteiger partial charge >= 0.3 is 6.16 Å². The van der Waals surface area contributed by atoms with E-state index >= 15 is 0 Å². The van der Waals surface area contributed by atoms with Crippen molar-refractivity contribution in [1.82, 2.24) is 19.5 Å². The molecule has 0 aromatic carbocycles. The van der Waals surface area contributed by atoms with E-state index in [-0.39, 0.29) is 25.2 Å². The van der Waals surface area contributed by atoms with E-state index in [2.05, 4.69) is 21.9 Å². The Kier molecular flexibility index (Phi) is 21.3. The summed E-state index contributed by atoms with van der Waals surface area (Å²) in [5.41, 5.74) is 7.01. The quantitative estimate of drug-likeness (QED) is 0.0301. The molecule has 264 valence electrons. The third kappa shape index (κ3) is 17.9. The van der Waals surface area contributed by atoms with Gasteiger partial charge in [-0.25, -0.2) is 19.7 Å². The molecule has 0 aliphatic rings. The minimum atomic E-state index is -3.15. The smallest absolute Gasteiger partial charge is 0.430 e. The first kappa shape index (κ1) is 40.3. The highest BCUT2D eigenvalue weighted by Gasteiger charge is 2.26. The SMILES string of the molecule is CCCCCCCCCCCCCCCCOCCCOP(=S)(CO[C@H](C)Cn1cnc2c(N)ncnc21)OOC(=O)OC(C)C. The molecule has 0 amide bonds. The standard InChI is InChI=1S/C32H58N5O7PS/c1-5-6-7-8-9-10-11-12-13-14-15-16-17-18-20-39-21-19-22-41-45(46,44-43-32(38)42-27(2)3)26-40-28(4)23-37-25-36-29-30(33)34-24-35-31(29)37/h24-25,27-28H,5-23,26H2,1-4H3,(H2,33,34,35)/t28-,45?/m1/s1. The zero-order chi connectivity index (χ0) is 33.5. The number of rotatable bonds is 28. The predicted octanol–water partition coefficient (Wildman–Crippen LogP) is 8.48. The van der Waals surface area contributed by atoms with Crippen LogP contribution in [0.2, 0.25) is 0 Å². The minimum absolute atomic E-state index is 0.0812. The van der Waals surface area contributed by atoms with Crippen LogP contribution in [0.5, 0.6) is 0 Å². The molecule has 0 aliphatic carbocycles. The van der Waals surface area contributed by atoms with Crippen LogP contribution in [-0.2, 0) is 46.6 Å². The van der Waals surface area contributed by atoms with E-state index in [1.54, 1.807) is 20.2 Å². The van der Waals surface area contributed by atoms with Crippen molar-refractivity contribution in [3.8, 4) is 0 Å². The molecule has 2 aromatic heterocycles. The number of ether oxygens (including phenoxy) is 3. The molecule has 2 aromatic rings. The van der Waals surface area contributed by atoms with E-state index in [1.165, 1.54) is 89.8 Å². The van der Waals surface area contributed by atoms with Gasteiger partial charge in [-0.1, -0.05) is 90.4 Å². The second-order valence-electron chi connectivity index (χ2n) is 12.0. The minimum Gasteiger partial charge on any atom is -0.430 e. The monoisotopic (exact) mass is 687 g/mol. The third-order valence-electron chi connectivity index (χ3n) is 7.31. The number of hydrogen-bond donors (Lipinski definition) is 1. The number of nitrogens with two attached hydrogens (primary N) is 1. The second kappa shape index (κ2) is 24.3. The van der Waals surface area contributed by atoms with Crippen LogP contribution in [0.1, 0.15) is 124 Å². The first-order valence-corrected chi connectivity index (χ1v) is 20.0. The number of hydrogen-bond acceptors (Lipinski definition) is 12. The highest BCUT2D eigenvalue weighted by atomic mass is 32.5. The van der Waals surface area contributed by atoms with Crippen molar-refractivity contribution in [3.63, 3.8) is 0 Å². The Labute approximate surface area is 280 Å². The fraction of sp³-hybridized carbons (Fsp3) is 0.812. The van der Waals surface area contributed by atoms with Crippen LogP contribution in [0.15, 0.2) is 12.7 Å². The molecule has 1 unspecified atom stereocenters. The molecule has 14 heteroatoms. The van der Waals surface area contributed by atoms with Crippen LogP contribution < -0.4 is 5.73 Å². The lowest BCUT2D eigenvalue weighted by Gasteiger charge is -2.22. The third-order valence-corrected chi connectivity index (χ3v) is 9.47. The van der Waals surface area contributed by atoms with Gasteiger partial charge in [0.2, 0.25) is 0 Å². The molecule has 0 bridgehead atoms. The predicted molar refractivity (Wildman–Crippen MR) is 185 cm³/mol. The molecule has 0 radical (unpaired) electrons. The lowest BCUT2D eigenvalue weighted by atomic mass is 10.0. The largest absolute Gasteiger partial charge is 0.541 e. The second-order valence-corrected chi connectivity index (χ2v) is 15.6. The van der Waals surface area contributed by atoms with Gasteiger partial charge in [-0.2, -0.15) is 0 Å². The van der Waals surface area contributed by atoms with E-state index in [0.717, 1.165) is 13.0 Å². The molecule has 0 saturated carbocycles. The molecular weight excluding hydrogens is 629 g/mol. The molecule has 46 heavy (non-hydrogen) atoms. The number of nitrogen functional groups attached to an aromatic ring is 1. The number of imidazole rings is 1. The van der Waals surface area contributed by atoms with Crippen LogP contribution in [0, 0.1) is 0 Å². The van der Waals surface area contributed by atoms with Crippen molar-refractivity contribution < 1.29 is 33.1 Å². The van der Waals surface area contributed by atoms with E-state index < -0.39 is 12.6 Å². The molecule has 2 heterocycles. The van der Waals surface area contributed by atoms with Crippen molar-refractivity contribution in [2.24, 2.45) is 0 Å². The van der Waals surface area contributed by atoms with E-state index in [0.29, 0.717) is 36.6 Å². The van der Waals surface area contributed by atoms with Gasteiger partial charge in [0.05, 0.1) is 31.7 Å². The summed E-state index contributed by atoms with van der Waals surface area (Å²) in [5, 5.41) is 0. The van der Waals surface area contributed by atoms with E-state index in [1.807, 2.05) is 11.5 Å². The summed E-state index contributed by atoms with van der Waals surface area (Å²) in [4.78, 5) is 29.2. The van der Waals surface area contributed by atoms with Crippen molar-refractivity contribution in [2.75, 3.05) is 31.9 Å². The van der Waals surface area contributed by atoms with Crippen LogP contribution in [0.25, 0.3) is 11.2 Å². The summed E-state index contributed by atoms with van der Waals surface area (Å²) in [5.74, 6) is 0.309. The van der Waals surface area contributed by atoms with Crippen molar-refractivity contribution >= 4 is 41.4 Å². The summed E-state index contributed by atoms with van der Waals surface area (Å²) in [6.07, 6.45) is 20.5. The summed E-state index contributed by atoms with van der Waals surface area (Å²) < 4.78 is 29.8. The van der Waals surface area contributed by atoms with Crippen molar-refractivity contribution in [2.45, 2.75) is 143 Å². The number of carbonyl (C=O) groups is 1. The maximum absolute atomic E-state index is 11.9. The van der Waals surface area contributed by atoms with Gasteiger partial charge in [0.1, 0.15) is 18.2 Å². The van der Waals surface area contributed by atoms with Crippen LogP contribution in [0.3, 0.4) is 0 Å². The average molecular weight is 688 g/mol. The van der Waals surface area contributed by atoms with Gasteiger partial charge in [0.15, 0.2) is 11.5 Å². The fourth-order valence-electron chi connectivity index (χ4n) is 4.83. The first-order chi connectivity index (χ1) is 22.2. The molecule has 12 nitrogen and oxygen atoms in total. The molecule has 0 aliphatic heterocycles. The Morgan fingerprint density at radius 3 is 2.11 bits per heavy atom. The van der Waals surface area contributed by atoms with Gasteiger partial charge < -0.3 is 29.0 Å². The first-order valence-electron chi connectivity index (χ1n) is 17.1. The van der Waals surface area contributed by atoms with Crippen LogP contribution >= 0.6 is 6.49 Å². The zero-order valence-corrected chi connectivity index (χ0v) is 30.2. The number of aromatic nitrogens is 4. The van der Waals surface area contributed by atoms with Gasteiger partial charge in [0, 0.05) is 13.2 Å². The summed E-state index contributed by atoms with van der Waals surface area (Å²) >= 11 is 5.62. The molecule has 2 atom stereocenters. The molecule has 2 N–H and O–H groups in total. The number of fused-ring (bicyclic) bond motifs is 1. The Morgan fingerprint density at radius 2 is 1.48 bits per heavy atom. The normalized spacial score (nSPS) is 13.7. The number of unbranched alkanes of at least 4 members (excludes halogenated alkanes) is 13. The number of carbonyl (C=O) groups excluding carboxylic acids is 1. The Bertz CT molecular complexity index is 1140. The molecule has 2 rings (SSSR count). The maximum atomic E-state index is 11.9. The Hall–Kier alpha value is -1.89. The number of nitrogens with zero attached hydrogens (tertiary/aromatic N) is 4. The summed E-state index contributed by atoms with van der Waals surface area (Å²) in [6.45, 7) is 6.37. The highest BCUT2D eigenvalue weighted by molar-refractivity contribution is 8.09. The fourth-order valence-corrected chi connectivity index (χ4v) is 6.50. The highest BCUT2D eigenvalue weighted by Crippen LogP contribution is 2.49.